The monoisotopic (exact) mass is 476 g/mol. The highest BCUT2D eigenvalue weighted by atomic mass is 16.5. The maximum Gasteiger partial charge on any atom is 0.294 e. The van der Waals surface area contributed by atoms with Crippen molar-refractivity contribution in [3.05, 3.63) is 71.6 Å². The van der Waals surface area contributed by atoms with Crippen LogP contribution in [-0.2, 0) is 11.3 Å². The van der Waals surface area contributed by atoms with Crippen molar-refractivity contribution < 1.29 is 23.6 Å². The molecule has 0 bridgehead atoms. The Morgan fingerprint density at radius 3 is 2.60 bits per heavy atom. The van der Waals surface area contributed by atoms with Crippen molar-refractivity contribution in [1.82, 2.24) is 10.2 Å². The number of ether oxygens (including phenoxy) is 2. The van der Waals surface area contributed by atoms with Gasteiger partial charge in [0.1, 0.15) is 0 Å². The fourth-order valence-corrected chi connectivity index (χ4v) is 3.93. The van der Waals surface area contributed by atoms with Crippen LogP contribution in [0.1, 0.15) is 48.4 Å². The SMILES string of the molecule is CCOc1ccc(C2=NN(Cc3ccc(NC(=O)c4ccno4)cc3)C(=O)CC2CC)cc1OC. The number of hydrogen-bond donors (Lipinski definition) is 1. The zero-order valence-corrected chi connectivity index (χ0v) is 20.0. The van der Waals surface area contributed by atoms with E-state index in [4.69, 9.17) is 19.1 Å². The lowest BCUT2D eigenvalue weighted by molar-refractivity contribution is -0.133. The maximum absolute atomic E-state index is 12.9. The lowest BCUT2D eigenvalue weighted by atomic mass is 9.89. The van der Waals surface area contributed by atoms with Crippen LogP contribution in [0, 0.1) is 5.92 Å². The predicted octanol–water partition coefficient (Wildman–Crippen LogP) is 4.50. The third-order valence-electron chi connectivity index (χ3n) is 5.78. The fourth-order valence-electron chi connectivity index (χ4n) is 3.93. The van der Waals surface area contributed by atoms with Gasteiger partial charge in [-0.1, -0.05) is 24.2 Å². The highest BCUT2D eigenvalue weighted by Gasteiger charge is 2.29. The molecule has 1 aliphatic rings. The van der Waals surface area contributed by atoms with Crippen LogP contribution in [-0.4, -0.2) is 41.4 Å². The van der Waals surface area contributed by atoms with E-state index in [2.05, 4.69) is 17.4 Å². The number of methoxy groups -OCH3 is 1. The van der Waals surface area contributed by atoms with Crippen LogP contribution >= 0.6 is 0 Å². The van der Waals surface area contributed by atoms with E-state index in [-0.39, 0.29) is 23.5 Å². The van der Waals surface area contributed by atoms with Crippen LogP contribution in [0.5, 0.6) is 11.5 Å². The van der Waals surface area contributed by atoms with Gasteiger partial charge in [0.25, 0.3) is 5.91 Å². The molecule has 0 aliphatic carbocycles. The molecule has 0 saturated carbocycles. The minimum Gasteiger partial charge on any atom is -0.493 e. The molecule has 0 radical (unpaired) electrons. The average Bonchev–Trinajstić information content (AvgIpc) is 3.42. The van der Waals surface area contributed by atoms with Crippen LogP contribution in [0.2, 0.25) is 0 Å². The average molecular weight is 477 g/mol. The Morgan fingerprint density at radius 2 is 1.94 bits per heavy atom. The Balaban J connectivity index is 1.52. The van der Waals surface area contributed by atoms with Gasteiger partial charge in [0.15, 0.2) is 11.5 Å². The third kappa shape index (κ3) is 5.51. The van der Waals surface area contributed by atoms with E-state index in [9.17, 15) is 9.59 Å². The molecule has 1 aliphatic heterocycles. The van der Waals surface area contributed by atoms with E-state index in [1.807, 2.05) is 37.3 Å². The van der Waals surface area contributed by atoms with Crippen molar-refractivity contribution >= 4 is 23.2 Å². The molecule has 3 aromatic rings. The van der Waals surface area contributed by atoms with E-state index in [0.717, 1.165) is 23.3 Å². The van der Waals surface area contributed by atoms with Crippen LogP contribution < -0.4 is 14.8 Å². The molecule has 4 rings (SSSR count). The van der Waals surface area contributed by atoms with Gasteiger partial charge in [-0.3, -0.25) is 9.59 Å². The van der Waals surface area contributed by atoms with Gasteiger partial charge in [0.2, 0.25) is 11.7 Å². The highest BCUT2D eigenvalue weighted by molar-refractivity contribution is 6.06. The Bertz CT molecular complexity index is 1200. The van der Waals surface area contributed by atoms with E-state index < -0.39 is 0 Å². The number of anilines is 1. The highest BCUT2D eigenvalue weighted by Crippen LogP contribution is 2.32. The minimum absolute atomic E-state index is 0.0232. The first-order valence-corrected chi connectivity index (χ1v) is 11.5. The second kappa shape index (κ2) is 10.9. The standard InChI is InChI=1S/C26H28N4O5/c1-4-18-15-24(31)30(29-25(18)19-8-11-21(34-5-2)23(14-19)33-3)16-17-6-9-20(10-7-17)28-26(32)22-12-13-27-35-22/h6-14,18H,4-5,15-16H2,1-3H3,(H,28,32). The molecule has 9 nitrogen and oxygen atoms in total. The quantitative estimate of drug-likeness (QED) is 0.488. The van der Waals surface area contributed by atoms with Crippen molar-refractivity contribution in [2.45, 2.75) is 33.2 Å². The van der Waals surface area contributed by atoms with Crippen molar-refractivity contribution in [3.8, 4) is 11.5 Å². The Labute approximate surface area is 203 Å². The number of hydrogen-bond acceptors (Lipinski definition) is 7. The maximum atomic E-state index is 12.9. The zero-order chi connectivity index (χ0) is 24.8. The van der Waals surface area contributed by atoms with Gasteiger partial charge in [0, 0.05) is 29.7 Å². The van der Waals surface area contributed by atoms with Gasteiger partial charge < -0.3 is 19.3 Å². The fraction of sp³-hybridized carbons (Fsp3) is 0.308. The number of carbonyl (C=O) groups is 2. The molecule has 0 spiro atoms. The Hall–Kier alpha value is -4.14. The predicted molar refractivity (Wildman–Crippen MR) is 131 cm³/mol. The van der Waals surface area contributed by atoms with E-state index in [0.29, 0.717) is 36.8 Å². The summed E-state index contributed by atoms with van der Waals surface area (Å²) >= 11 is 0. The second-order valence-corrected chi connectivity index (χ2v) is 8.07. The summed E-state index contributed by atoms with van der Waals surface area (Å²) in [4.78, 5) is 25.0. The normalized spacial score (nSPS) is 15.5. The summed E-state index contributed by atoms with van der Waals surface area (Å²) in [6.45, 7) is 4.84. The third-order valence-corrected chi connectivity index (χ3v) is 5.78. The van der Waals surface area contributed by atoms with Crippen molar-refractivity contribution in [2.75, 3.05) is 19.0 Å². The van der Waals surface area contributed by atoms with E-state index >= 15 is 0 Å². The van der Waals surface area contributed by atoms with Gasteiger partial charge in [-0.05, 0) is 49.2 Å². The molecular weight excluding hydrogens is 448 g/mol. The number of amides is 2. The summed E-state index contributed by atoms with van der Waals surface area (Å²) < 4.78 is 16.0. The van der Waals surface area contributed by atoms with Gasteiger partial charge in [-0.15, -0.1) is 0 Å². The number of benzene rings is 2. The van der Waals surface area contributed by atoms with Crippen molar-refractivity contribution in [3.63, 3.8) is 0 Å². The topological polar surface area (TPSA) is 106 Å². The number of nitrogens with zero attached hydrogens (tertiary/aromatic N) is 3. The molecule has 1 aromatic heterocycles. The number of rotatable bonds is 9. The summed E-state index contributed by atoms with van der Waals surface area (Å²) in [5, 5.41) is 12.5. The first-order chi connectivity index (χ1) is 17.0. The summed E-state index contributed by atoms with van der Waals surface area (Å²) in [5.74, 6) is 1.05. The lowest BCUT2D eigenvalue weighted by Gasteiger charge is -2.29. The number of hydrazone groups is 1. The first kappa shape index (κ1) is 24.0. The van der Waals surface area contributed by atoms with Crippen molar-refractivity contribution in [2.24, 2.45) is 11.0 Å². The molecule has 1 atom stereocenters. The molecule has 0 fully saturated rings. The van der Waals surface area contributed by atoms with E-state index in [1.165, 1.54) is 17.3 Å². The molecule has 1 unspecified atom stereocenters. The Morgan fingerprint density at radius 1 is 1.14 bits per heavy atom. The summed E-state index contributed by atoms with van der Waals surface area (Å²) in [6, 6.07) is 14.5. The van der Waals surface area contributed by atoms with Gasteiger partial charge in [-0.25, -0.2) is 5.01 Å². The first-order valence-electron chi connectivity index (χ1n) is 11.5. The Kier molecular flexibility index (Phi) is 7.45. The minimum atomic E-state index is -0.382. The number of aromatic nitrogens is 1. The van der Waals surface area contributed by atoms with Crippen molar-refractivity contribution in [1.29, 1.82) is 0 Å². The number of nitrogens with one attached hydrogen (secondary N) is 1. The summed E-state index contributed by atoms with van der Waals surface area (Å²) in [5.41, 5.74) is 3.25. The molecule has 35 heavy (non-hydrogen) atoms. The molecule has 2 heterocycles. The van der Waals surface area contributed by atoms with Crippen LogP contribution in [0.4, 0.5) is 5.69 Å². The number of carbonyl (C=O) groups excluding carboxylic acids is 2. The molecule has 182 valence electrons. The molecule has 9 heteroatoms. The smallest absolute Gasteiger partial charge is 0.294 e. The second-order valence-electron chi connectivity index (χ2n) is 8.07. The van der Waals surface area contributed by atoms with Crippen LogP contribution in [0.25, 0.3) is 0 Å². The lowest BCUT2D eigenvalue weighted by Crippen LogP contribution is -2.36. The molecule has 1 N–H and O–H groups in total. The largest absolute Gasteiger partial charge is 0.493 e. The summed E-state index contributed by atoms with van der Waals surface area (Å²) in [7, 11) is 1.61. The molecule has 2 amide bonds. The molecule has 2 aromatic carbocycles. The van der Waals surface area contributed by atoms with E-state index in [1.54, 1.807) is 19.2 Å². The molecular formula is C26H28N4O5. The molecule has 0 saturated heterocycles. The van der Waals surface area contributed by atoms with Crippen LogP contribution in [0.15, 0.2) is 64.4 Å². The summed E-state index contributed by atoms with van der Waals surface area (Å²) in [6.07, 6.45) is 2.60. The van der Waals surface area contributed by atoms with Crippen LogP contribution in [0.3, 0.4) is 0 Å². The van der Waals surface area contributed by atoms with Gasteiger partial charge >= 0.3 is 0 Å². The van der Waals surface area contributed by atoms with Gasteiger partial charge in [0.05, 0.1) is 32.2 Å². The zero-order valence-electron chi connectivity index (χ0n) is 20.0. The van der Waals surface area contributed by atoms with Gasteiger partial charge in [-0.2, -0.15) is 5.10 Å².